The maximum absolute atomic E-state index is 12.9. The standard InChI is InChI=1S/C16H14FNO2/c17-14-7-5-12(6-8-14)11-1-3-13(4-2-11)16(20)18-9-15(19)10-18/h1-8,15,19H,9-10H2. The highest BCUT2D eigenvalue weighted by molar-refractivity contribution is 5.95. The normalized spacial score (nSPS) is 15.0. The SMILES string of the molecule is O=C(c1ccc(-c2ccc(F)cc2)cc1)N1CC(O)C1. The van der Waals surface area contributed by atoms with Gasteiger partial charge in [-0.1, -0.05) is 24.3 Å². The van der Waals surface area contributed by atoms with Gasteiger partial charge in [0.25, 0.3) is 5.91 Å². The summed E-state index contributed by atoms with van der Waals surface area (Å²) in [6.45, 7) is 0.803. The first-order valence-corrected chi connectivity index (χ1v) is 6.47. The Hall–Kier alpha value is -2.20. The Kier molecular flexibility index (Phi) is 3.24. The van der Waals surface area contributed by atoms with Crippen LogP contribution in [0.15, 0.2) is 48.5 Å². The number of amides is 1. The molecule has 0 radical (unpaired) electrons. The van der Waals surface area contributed by atoms with E-state index in [-0.39, 0.29) is 11.7 Å². The van der Waals surface area contributed by atoms with Crippen molar-refractivity contribution in [2.45, 2.75) is 6.10 Å². The van der Waals surface area contributed by atoms with Crippen molar-refractivity contribution in [1.82, 2.24) is 4.90 Å². The zero-order valence-corrected chi connectivity index (χ0v) is 10.8. The Morgan fingerprint density at radius 1 is 1.00 bits per heavy atom. The minimum atomic E-state index is -0.391. The fourth-order valence-electron chi connectivity index (χ4n) is 2.25. The summed E-state index contributed by atoms with van der Waals surface area (Å²) < 4.78 is 12.9. The molecular weight excluding hydrogens is 257 g/mol. The minimum absolute atomic E-state index is 0.0686. The van der Waals surface area contributed by atoms with Gasteiger partial charge in [-0.15, -0.1) is 0 Å². The molecule has 0 atom stereocenters. The van der Waals surface area contributed by atoms with Gasteiger partial charge in [0.1, 0.15) is 5.82 Å². The zero-order chi connectivity index (χ0) is 14.1. The number of β-amino-alcohol motifs (C(OH)–C–C–N with tert-alkyl or cyclic N) is 1. The molecule has 1 amide bonds. The van der Waals surface area contributed by atoms with Crippen molar-refractivity contribution in [1.29, 1.82) is 0 Å². The molecule has 0 aliphatic carbocycles. The summed E-state index contributed by atoms with van der Waals surface area (Å²) >= 11 is 0. The van der Waals surface area contributed by atoms with Gasteiger partial charge < -0.3 is 10.0 Å². The highest BCUT2D eigenvalue weighted by atomic mass is 19.1. The Balaban J connectivity index is 1.77. The van der Waals surface area contributed by atoms with Crippen molar-refractivity contribution in [3.63, 3.8) is 0 Å². The van der Waals surface area contributed by atoms with Crippen LogP contribution in [-0.4, -0.2) is 35.1 Å². The lowest BCUT2D eigenvalue weighted by molar-refractivity contribution is 0.00590. The summed E-state index contributed by atoms with van der Waals surface area (Å²) in [5.41, 5.74) is 2.44. The number of carbonyl (C=O) groups excluding carboxylic acids is 1. The molecule has 3 rings (SSSR count). The first kappa shape index (κ1) is 12.8. The van der Waals surface area contributed by atoms with Gasteiger partial charge in [0.05, 0.1) is 6.10 Å². The number of carbonyl (C=O) groups is 1. The molecule has 1 saturated heterocycles. The Bertz CT molecular complexity index is 616. The molecule has 1 N–H and O–H groups in total. The molecule has 1 aliphatic rings. The number of likely N-dealkylation sites (tertiary alicyclic amines) is 1. The Morgan fingerprint density at radius 3 is 2.00 bits per heavy atom. The fourth-order valence-corrected chi connectivity index (χ4v) is 2.25. The van der Waals surface area contributed by atoms with Crippen LogP contribution in [0.4, 0.5) is 4.39 Å². The first-order valence-electron chi connectivity index (χ1n) is 6.47. The van der Waals surface area contributed by atoms with Crippen LogP contribution in [0.25, 0.3) is 11.1 Å². The van der Waals surface area contributed by atoms with Gasteiger partial charge in [-0.05, 0) is 35.4 Å². The van der Waals surface area contributed by atoms with E-state index >= 15 is 0 Å². The molecule has 2 aromatic carbocycles. The van der Waals surface area contributed by atoms with Crippen LogP contribution < -0.4 is 0 Å². The molecule has 20 heavy (non-hydrogen) atoms. The second-order valence-corrected chi connectivity index (χ2v) is 4.95. The highest BCUT2D eigenvalue weighted by Crippen LogP contribution is 2.21. The van der Waals surface area contributed by atoms with Crippen molar-refractivity contribution >= 4 is 5.91 Å². The van der Waals surface area contributed by atoms with E-state index in [1.54, 1.807) is 29.2 Å². The molecule has 0 aromatic heterocycles. The van der Waals surface area contributed by atoms with E-state index in [1.165, 1.54) is 12.1 Å². The molecule has 0 bridgehead atoms. The van der Waals surface area contributed by atoms with E-state index in [0.29, 0.717) is 18.7 Å². The smallest absolute Gasteiger partial charge is 0.254 e. The predicted octanol–water partition coefficient (Wildman–Crippen LogP) is 2.31. The molecule has 0 spiro atoms. The number of benzene rings is 2. The number of aliphatic hydroxyl groups is 1. The van der Waals surface area contributed by atoms with Gasteiger partial charge >= 0.3 is 0 Å². The Labute approximate surface area is 116 Å². The number of hydrogen-bond donors (Lipinski definition) is 1. The topological polar surface area (TPSA) is 40.5 Å². The van der Waals surface area contributed by atoms with Crippen LogP contribution >= 0.6 is 0 Å². The van der Waals surface area contributed by atoms with Gasteiger partial charge in [-0.3, -0.25) is 4.79 Å². The lowest BCUT2D eigenvalue weighted by Crippen LogP contribution is -2.53. The second kappa shape index (κ2) is 5.06. The zero-order valence-electron chi connectivity index (χ0n) is 10.8. The molecule has 1 aliphatic heterocycles. The fraction of sp³-hybridized carbons (Fsp3) is 0.188. The lowest BCUT2D eigenvalue weighted by atomic mass is 10.0. The third-order valence-electron chi connectivity index (χ3n) is 3.46. The van der Waals surface area contributed by atoms with Gasteiger partial charge in [0.15, 0.2) is 0 Å². The number of nitrogens with zero attached hydrogens (tertiary/aromatic N) is 1. The maximum Gasteiger partial charge on any atom is 0.254 e. The number of rotatable bonds is 2. The molecule has 4 heteroatoms. The number of aliphatic hydroxyl groups excluding tert-OH is 1. The Morgan fingerprint density at radius 2 is 1.50 bits per heavy atom. The van der Waals surface area contributed by atoms with Crippen molar-refractivity contribution in [2.24, 2.45) is 0 Å². The van der Waals surface area contributed by atoms with E-state index in [2.05, 4.69) is 0 Å². The van der Waals surface area contributed by atoms with Crippen LogP contribution in [-0.2, 0) is 0 Å². The van der Waals surface area contributed by atoms with Gasteiger partial charge in [0.2, 0.25) is 0 Å². The molecule has 1 heterocycles. The van der Waals surface area contributed by atoms with Crippen LogP contribution in [0.1, 0.15) is 10.4 Å². The number of hydrogen-bond acceptors (Lipinski definition) is 2. The van der Waals surface area contributed by atoms with Gasteiger partial charge in [-0.2, -0.15) is 0 Å². The van der Waals surface area contributed by atoms with Crippen molar-refractivity contribution in [3.8, 4) is 11.1 Å². The lowest BCUT2D eigenvalue weighted by Gasteiger charge is -2.35. The molecule has 0 saturated carbocycles. The molecule has 102 valence electrons. The van der Waals surface area contributed by atoms with Crippen molar-refractivity contribution in [2.75, 3.05) is 13.1 Å². The molecular formula is C16H14FNO2. The summed E-state index contributed by atoms with van der Waals surface area (Å²) in [5.74, 6) is -0.335. The van der Waals surface area contributed by atoms with E-state index in [0.717, 1.165) is 11.1 Å². The molecule has 2 aromatic rings. The molecule has 1 fully saturated rings. The summed E-state index contributed by atoms with van der Waals surface area (Å²) in [7, 11) is 0. The van der Waals surface area contributed by atoms with E-state index in [9.17, 15) is 14.3 Å². The van der Waals surface area contributed by atoms with Crippen molar-refractivity contribution < 1.29 is 14.3 Å². The van der Waals surface area contributed by atoms with Crippen LogP contribution in [0, 0.1) is 5.82 Å². The molecule has 0 unspecified atom stereocenters. The quantitative estimate of drug-likeness (QED) is 0.910. The monoisotopic (exact) mass is 271 g/mol. The van der Waals surface area contributed by atoms with Crippen LogP contribution in [0.3, 0.4) is 0 Å². The largest absolute Gasteiger partial charge is 0.389 e. The third kappa shape index (κ3) is 2.42. The second-order valence-electron chi connectivity index (χ2n) is 4.95. The average Bonchev–Trinajstić information content (AvgIpc) is 2.44. The van der Waals surface area contributed by atoms with Crippen molar-refractivity contribution in [3.05, 3.63) is 59.9 Å². The van der Waals surface area contributed by atoms with Gasteiger partial charge in [-0.25, -0.2) is 4.39 Å². The van der Waals surface area contributed by atoms with E-state index < -0.39 is 6.10 Å². The maximum atomic E-state index is 12.9. The number of halogens is 1. The van der Waals surface area contributed by atoms with E-state index in [4.69, 9.17) is 0 Å². The minimum Gasteiger partial charge on any atom is -0.389 e. The van der Waals surface area contributed by atoms with E-state index in [1.807, 2.05) is 12.1 Å². The van der Waals surface area contributed by atoms with Crippen LogP contribution in [0.2, 0.25) is 0 Å². The highest BCUT2D eigenvalue weighted by Gasteiger charge is 2.29. The predicted molar refractivity (Wildman–Crippen MR) is 73.7 cm³/mol. The van der Waals surface area contributed by atoms with Crippen LogP contribution in [0.5, 0.6) is 0 Å². The third-order valence-corrected chi connectivity index (χ3v) is 3.46. The average molecular weight is 271 g/mol. The van der Waals surface area contributed by atoms with Gasteiger partial charge in [0, 0.05) is 18.7 Å². The first-order chi connectivity index (χ1) is 9.63. The summed E-state index contributed by atoms with van der Waals surface area (Å²) in [4.78, 5) is 13.6. The summed E-state index contributed by atoms with van der Waals surface area (Å²) in [5, 5.41) is 9.20. The summed E-state index contributed by atoms with van der Waals surface area (Å²) in [6.07, 6.45) is -0.391. The summed E-state index contributed by atoms with van der Waals surface area (Å²) in [6, 6.07) is 13.4. The molecule has 3 nitrogen and oxygen atoms in total.